The van der Waals surface area contributed by atoms with Crippen molar-refractivity contribution in [3.05, 3.63) is 242 Å². The van der Waals surface area contributed by atoms with Crippen LogP contribution < -0.4 is 4.90 Å². The third-order valence-electron chi connectivity index (χ3n) is 12.9. The third kappa shape index (κ3) is 6.26. The lowest BCUT2D eigenvalue weighted by atomic mass is 9.95. The van der Waals surface area contributed by atoms with Crippen LogP contribution in [0.2, 0.25) is 0 Å². The van der Waals surface area contributed by atoms with Crippen molar-refractivity contribution >= 4 is 71.2 Å². The normalized spacial score (nSPS) is 11.6. The van der Waals surface area contributed by atoms with Gasteiger partial charge in [-0.25, -0.2) is 0 Å². The summed E-state index contributed by atoms with van der Waals surface area (Å²) in [6, 6.07) is 86.6. The van der Waals surface area contributed by atoms with Crippen LogP contribution in [0.1, 0.15) is 5.56 Å². The Morgan fingerprint density at radius 2 is 0.873 bits per heavy atom. The highest BCUT2D eigenvalue weighted by Crippen LogP contribution is 2.45. The van der Waals surface area contributed by atoms with Gasteiger partial charge in [-0.2, -0.15) is 0 Å². The first-order valence-corrected chi connectivity index (χ1v) is 21.8. The summed E-state index contributed by atoms with van der Waals surface area (Å²) in [6.07, 6.45) is 0. The van der Waals surface area contributed by atoms with Crippen LogP contribution in [-0.4, -0.2) is 4.57 Å². The maximum Gasteiger partial charge on any atom is 0.0619 e. The lowest BCUT2D eigenvalue weighted by Gasteiger charge is -2.29. The number of nitrogens with zero attached hydrogens (tertiary/aromatic N) is 2. The van der Waals surface area contributed by atoms with Crippen LogP contribution >= 0.6 is 0 Å². The number of benzene rings is 11. The van der Waals surface area contributed by atoms with Crippen molar-refractivity contribution in [2.24, 2.45) is 0 Å². The molecule has 0 atom stereocenters. The molecule has 0 unspecified atom stereocenters. The number of hydrogen-bond donors (Lipinski definition) is 0. The molecule has 12 aromatic rings. The van der Waals surface area contributed by atoms with Gasteiger partial charge in [0.1, 0.15) is 0 Å². The van der Waals surface area contributed by atoms with Gasteiger partial charge in [0.2, 0.25) is 0 Å². The van der Waals surface area contributed by atoms with Gasteiger partial charge in [0, 0.05) is 38.8 Å². The molecular formula is C61H42N2. The summed E-state index contributed by atoms with van der Waals surface area (Å²) in [7, 11) is 0. The van der Waals surface area contributed by atoms with Crippen molar-refractivity contribution in [1.82, 2.24) is 4.57 Å². The van der Waals surface area contributed by atoms with Crippen LogP contribution in [0.3, 0.4) is 0 Å². The summed E-state index contributed by atoms with van der Waals surface area (Å²) in [5, 5.41) is 10.00. The molecule has 296 valence electrons. The van der Waals surface area contributed by atoms with E-state index in [2.05, 4.69) is 253 Å². The Balaban J connectivity index is 1.02. The topological polar surface area (TPSA) is 8.17 Å². The van der Waals surface area contributed by atoms with Crippen molar-refractivity contribution in [2.45, 2.75) is 6.92 Å². The fourth-order valence-corrected chi connectivity index (χ4v) is 9.84. The van der Waals surface area contributed by atoms with E-state index in [9.17, 15) is 0 Å². The SMILES string of the molecule is Cc1cc(N(c2ccc3ccc4ccccc4c3c2)c2cc(-c3ccccc3)ccc2-c2ccccc2)ccc1-c1ccc(-n2c3ccccc3c3ccc4ccccc4c32)cc1. The van der Waals surface area contributed by atoms with Gasteiger partial charge in [-0.05, 0) is 116 Å². The predicted molar refractivity (Wildman–Crippen MR) is 269 cm³/mol. The fraction of sp³-hybridized carbons (Fsp3) is 0.0164. The highest BCUT2D eigenvalue weighted by atomic mass is 15.1. The molecule has 0 aliphatic carbocycles. The van der Waals surface area contributed by atoms with Crippen LogP contribution in [0, 0.1) is 6.92 Å². The van der Waals surface area contributed by atoms with Crippen LogP contribution in [0.25, 0.3) is 93.2 Å². The molecule has 0 aliphatic rings. The molecule has 0 spiro atoms. The Morgan fingerprint density at radius 1 is 0.333 bits per heavy atom. The summed E-state index contributed by atoms with van der Waals surface area (Å²) < 4.78 is 2.44. The molecule has 0 radical (unpaired) electrons. The molecule has 2 heteroatoms. The molecule has 12 rings (SSSR count). The summed E-state index contributed by atoms with van der Waals surface area (Å²) >= 11 is 0. The van der Waals surface area contributed by atoms with Gasteiger partial charge < -0.3 is 9.47 Å². The molecule has 1 aromatic heterocycles. The van der Waals surface area contributed by atoms with E-state index in [1.54, 1.807) is 0 Å². The molecule has 0 aliphatic heterocycles. The molecule has 63 heavy (non-hydrogen) atoms. The third-order valence-corrected chi connectivity index (χ3v) is 12.9. The molecule has 0 amide bonds. The van der Waals surface area contributed by atoms with Crippen LogP contribution in [0.5, 0.6) is 0 Å². The van der Waals surface area contributed by atoms with E-state index in [0.29, 0.717) is 0 Å². The van der Waals surface area contributed by atoms with Gasteiger partial charge in [0.25, 0.3) is 0 Å². The van der Waals surface area contributed by atoms with E-state index in [1.807, 2.05) is 0 Å². The standard InChI is InChI=1S/C61H42N2/c1-41-38-50(34-37-52(41)46-26-31-49(32-27-46)63-59-23-13-12-22-56(59)57-36-29-45-19-9-11-21-55(45)61(57)63)62(51-33-28-47-25-24-44-18-8-10-20-53(44)58(47)40-51)60-39-48(42-14-4-2-5-15-42)30-35-54(60)43-16-6-3-7-17-43/h2-40H,1H3. The average Bonchev–Trinajstić information content (AvgIpc) is 3.70. The number of aromatic nitrogens is 1. The first-order chi connectivity index (χ1) is 31.2. The molecule has 0 fully saturated rings. The molecule has 0 saturated heterocycles. The smallest absolute Gasteiger partial charge is 0.0619 e. The zero-order valence-corrected chi connectivity index (χ0v) is 34.9. The van der Waals surface area contributed by atoms with Gasteiger partial charge in [-0.15, -0.1) is 0 Å². The van der Waals surface area contributed by atoms with E-state index in [4.69, 9.17) is 0 Å². The first kappa shape index (κ1) is 36.6. The van der Waals surface area contributed by atoms with Gasteiger partial charge in [-0.1, -0.05) is 188 Å². The Morgan fingerprint density at radius 3 is 1.63 bits per heavy atom. The van der Waals surface area contributed by atoms with Gasteiger partial charge >= 0.3 is 0 Å². The second kappa shape index (κ2) is 15.1. The summed E-state index contributed by atoms with van der Waals surface area (Å²) in [5.41, 5.74) is 15.3. The van der Waals surface area contributed by atoms with E-state index in [1.165, 1.54) is 93.1 Å². The van der Waals surface area contributed by atoms with Crippen molar-refractivity contribution in [2.75, 3.05) is 4.90 Å². The van der Waals surface area contributed by atoms with Crippen molar-refractivity contribution in [3.8, 4) is 39.1 Å². The Kier molecular flexibility index (Phi) is 8.76. The summed E-state index contributed by atoms with van der Waals surface area (Å²) in [5.74, 6) is 0. The average molecular weight is 803 g/mol. The number of aryl methyl sites for hydroxylation is 1. The molecule has 1 heterocycles. The minimum atomic E-state index is 1.10. The quantitative estimate of drug-likeness (QED) is 0.146. The van der Waals surface area contributed by atoms with E-state index in [0.717, 1.165) is 22.7 Å². The van der Waals surface area contributed by atoms with Crippen molar-refractivity contribution in [1.29, 1.82) is 0 Å². The Hall–Kier alpha value is -8.20. The van der Waals surface area contributed by atoms with Gasteiger partial charge in [0.05, 0.1) is 16.7 Å². The highest BCUT2D eigenvalue weighted by Gasteiger charge is 2.21. The van der Waals surface area contributed by atoms with Crippen molar-refractivity contribution < 1.29 is 0 Å². The Labute approximate surface area is 367 Å². The minimum Gasteiger partial charge on any atom is -0.310 e. The molecule has 0 bridgehead atoms. The largest absolute Gasteiger partial charge is 0.310 e. The highest BCUT2D eigenvalue weighted by molar-refractivity contribution is 6.18. The maximum absolute atomic E-state index is 2.46. The van der Waals surface area contributed by atoms with Crippen LogP contribution in [0.15, 0.2) is 237 Å². The van der Waals surface area contributed by atoms with Crippen LogP contribution in [0.4, 0.5) is 17.1 Å². The predicted octanol–water partition coefficient (Wildman–Crippen LogP) is 17.0. The minimum absolute atomic E-state index is 1.10. The maximum atomic E-state index is 2.46. The molecule has 0 N–H and O–H groups in total. The zero-order chi connectivity index (χ0) is 41.9. The summed E-state index contributed by atoms with van der Waals surface area (Å²) in [6.45, 7) is 2.25. The molecule has 0 saturated carbocycles. The van der Waals surface area contributed by atoms with Gasteiger partial charge in [-0.3, -0.25) is 0 Å². The molecular weight excluding hydrogens is 761 g/mol. The second-order valence-corrected chi connectivity index (χ2v) is 16.6. The lowest BCUT2D eigenvalue weighted by Crippen LogP contribution is -2.12. The Bertz CT molecular complexity index is 3680. The molecule has 11 aromatic carbocycles. The van der Waals surface area contributed by atoms with E-state index >= 15 is 0 Å². The summed E-state index contributed by atoms with van der Waals surface area (Å²) in [4.78, 5) is 2.46. The second-order valence-electron chi connectivity index (χ2n) is 16.6. The number of rotatable bonds is 7. The molecule has 2 nitrogen and oxygen atoms in total. The monoisotopic (exact) mass is 802 g/mol. The van der Waals surface area contributed by atoms with Crippen molar-refractivity contribution in [3.63, 3.8) is 0 Å². The fourth-order valence-electron chi connectivity index (χ4n) is 9.84. The van der Waals surface area contributed by atoms with E-state index < -0.39 is 0 Å². The van der Waals surface area contributed by atoms with Crippen LogP contribution in [-0.2, 0) is 0 Å². The number of fused-ring (bicyclic) bond motifs is 8. The number of anilines is 3. The van der Waals surface area contributed by atoms with E-state index in [-0.39, 0.29) is 0 Å². The zero-order valence-electron chi connectivity index (χ0n) is 34.9. The first-order valence-electron chi connectivity index (χ1n) is 21.8. The lowest BCUT2D eigenvalue weighted by molar-refractivity contribution is 1.19. The number of hydrogen-bond acceptors (Lipinski definition) is 1. The van der Waals surface area contributed by atoms with Gasteiger partial charge in [0.15, 0.2) is 0 Å². The number of para-hydroxylation sites is 1.